The molecule has 0 heterocycles. The summed E-state index contributed by atoms with van der Waals surface area (Å²) in [6.45, 7) is 22.5. The molecule has 0 saturated heterocycles. The molecule has 252 valence electrons. The number of benzene rings is 4. The van der Waals surface area contributed by atoms with Gasteiger partial charge in [0.2, 0.25) is 0 Å². The van der Waals surface area contributed by atoms with Crippen molar-refractivity contribution in [2.45, 2.75) is 99.3 Å². The molecule has 0 atom stereocenters. The molecule has 0 amide bonds. The van der Waals surface area contributed by atoms with E-state index >= 15 is 0 Å². The van der Waals surface area contributed by atoms with E-state index in [0.717, 1.165) is 19.3 Å². The molecular formula is C45H52Cl2Zr-2. The molecule has 48 heavy (non-hydrogen) atoms. The zero-order chi connectivity index (χ0) is 33.7. The molecule has 0 spiro atoms. The Kier molecular flexibility index (Phi) is 15.3. The van der Waals surface area contributed by atoms with Gasteiger partial charge in [0.1, 0.15) is 0 Å². The standard InChI is InChI=1S/C21H25.C13H10.C11H17.2ClH.Zr/c1-20(2,3)16-7-9-18-14(12-16)11-15-13-17(21(4,5)6)8-10-19(15)18;1-3-7-12(8-4-1)11-13-9-5-2-6-10-13;1-5-9-6-7-10(8-9)11(2,3)4;;;/h7-10,12H,11H2,1-6H3;1-10H;7H,5-6H2,1-4H3;2*1H;/q-1;;-1;;;+2/p-2. The van der Waals surface area contributed by atoms with E-state index < -0.39 is 0 Å². The van der Waals surface area contributed by atoms with Crippen LogP contribution in [0.5, 0.6) is 0 Å². The van der Waals surface area contributed by atoms with Crippen molar-refractivity contribution in [3.63, 3.8) is 0 Å². The van der Waals surface area contributed by atoms with Crippen molar-refractivity contribution in [1.29, 1.82) is 0 Å². The number of rotatable bonds is 3. The molecule has 0 unspecified atom stereocenters. The molecule has 0 N–H and O–H groups in total. The predicted octanol–water partition coefficient (Wildman–Crippen LogP) is 5.97. The number of allylic oxidation sites excluding steroid dienone is 4. The fourth-order valence-electron chi connectivity index (χ4n) is 5.65. The first-order chi connectivity index (χ1) is 21.6. The molecule has 4 aromatic rings. The van der Waals surface area contributed by atoms with E-state index in [4.69, 9.17) is 0 Å². The van der Waals surface area contributed by atoms with Gasteiger partial charge in [0, 0.05) is 0 Å². The third-order valence-electron chi connectivity index (χ3n) is 8.69. The normalized spacial score (nSPS) is 13.2. The fraction of sp³-hybridized carbons (Fsp3) is 0.356. The first-order valence-electron chi connectivity index (χ1n) is 16.8. The van der Waals surface area contributed by atoms with Crippen LogP contribution in [0.1, 0.15) is 115 Å². The fourth-order valence-corrected chi connectivity index (χ4v) is 6.47. The number of hydrogen-bond donors (Lipinski definition) is 0. The average molecular weight is 755 g/mol. The Morgan fingerprint density at radius 3 is 1.65 bits per heavy atom. The maximum atomic E-state index is 3.67. The Morgan fingerprint density at radius 1 is 0.667 bits per heavy atom. The molecule has 4 aromatic carbocycles. The van der Waals surface area contributed by atoms with Gasteiger partial charge in [-0.1, -0.05) is 106 Å². The second-order valence-electron chi connectivity index (χ2n) is 15.6. The van der Waals surface area contributed by atoms with Gasteiger partial charge >= 0.3 is 99.2 Å². The van der Waals surface area contributed by atoms with Gasteiger partial charge in [0.25, 0.3) is 0 Å². The topological polar surface area (TPSA) is 0 Å². The molecule has 0 aromatic heterocycles. The minimum absolute atomic E-state index is 0. The molecule has 0 nitrogen and oxygen atoms in total. The second-order valence-corrected chi connectivity index (χ2v) is 16.8. The van der Waals surface area contributed by atoms with Crippen LogP contribution < -0.4 is 24.8 Å². The maximum absolute atomic E-state index is 3.67. The summed E-state index contributed by atoms with van der Waals surface area (Å²) in [7, 11) is 0. The number of halogens is 2. The van der Waals surface area contributed by atoms with Gasteiger partial charge < -0.3 is 24.8 Å². The summed E-state index contributed by atoms with van der Waals surface area (Å²) in [6, 6.07) is 36.3. The van der Waals surface area contributed by atoms with Crippen molar-refractivity contribution in [3.8, 4) is 11.1 Å². The first-order valence-corrected chi connectivity index (χ1v) is 18.0. The average Bonchev–Trinajstić information content (AvgIpc) is 3.66. The SMILES string of the molecule is CC(C)(C)c1[c-]c2c(cc1)-c1ccc(C(C)(C)C)cc1C2.CCC1=[C-]C(C(C)(C)C)=CC1.[Cl-].[Cl-].[Zr+2]=[C](c1ccccc1)c1ccccc1. The number of hydrogen-bond acceptors (Lipinski definition) is 0. The number of fused-ring (bicyclic) bond motifs is 3. The van der Waals surface area contributed by atoms with Crippen LogP contribution in [0.25, 0.3) is 11.1 Å². The van der Waals surface area contributed by atoms with E-state index in [1.54, 1.807) is 0 Å². The molecule has 6 rings (SSSR count). The Hall–Kier alpha value is -2.31. The van der Waals surface area contributed by atoms with Crippen molar-refractivity contribution in [2.75, 3.05) is 0 Å². The van der Waals surface area contributed by atoms with Crippen LogP contribution in [0.3, 0.4) is 0 Å². The van der Waals surface area contributed by atoms with Gasteiger partial charge in [-0.15, -0.1) is 11.1 Å². The summed E-state index contributed by atoms with van der Waals surface area (Å²) in [5, 5.41) is 0. The van der Waals surface area contributed by atoms with Crippen LogP contribution in [-0.4, -0.2) is 3.21 Å². The van der Waals surface area contributed by atoms with Crippen molar-refractivity contribution in [3.05, 3.63) is 154 Å². The summed E-state index contributed by atoms with van der Waals surface area (Å²) in [5.74, 6) is 0. The van der Waals surface area contributed by atoms with Gasteiger partial charge in [-0.2, -0.15) is 29.3 Å². The van der Waals surface area contributed by atoms with Crippen molar-refractivity contribution in [2.24, 2.45) is 5.41 Å². The minimum atomic E-state index is 0. The monoisotopic (exact) mass is 752 g/mol. The van der Waals surface area contributed by atoms with Crippen LogP contribution >= 0.6 is 0 Å². The van der Waals surface area contributed by atoms with Gasteiger partial charge in [-0.3, -0.25) is 0 Å². The Labute approximate surface area is 319 Å². The summed E-state index contributed by atoms with van der Waals surface area (Å²) in [4.78, 5) is 0. The summed E-state index contributed by atoms with van der Waals surface area (Å²) < 4.78 is 1.42. The Balaban J connectivity index is 0.000000260. The van der Waals surface area contributed by atoms with E-state index in [-0.39, 0.29) is 41.1 Å². The van der Waals surface area contributed by atoms with Crippen molar-refractivity contribution in [1.82, 2.24) is 0 Å². The Morgan fingerprint density at radius 2 is 1.21 bits per heavy atom. The quantitative estimate of drug-likeness (QED) is 0.200. The summed E-state index contributed by atoms with van der Waals surface area (Å²) in [6.07, 6.45) is 9.07. The van der Waals surface area contributed by atoms with E-state index in [9.17, 15) is 0 Å². The van der Waals surface area contributed by atoms with E-state index in [1.165, 1.54) is 83.1 Å². The van der Waals surface area contributed by atoms with Crippen LogP contribution in [0, 0.1) is 17.6 Å². The van der Waals surface area contributed by atoms with Crippen molar-refractivity contribution >= 4 is 3.21 Å². The summed E-state index contributed by atoms with van der Waals surface area (Å²) in [5.41, 5.74) is 14.5. The molecule has 2 aliphatic rings. The summed E-state index contributed by atoms with van der Waals surface area (Å²) >= 11 is 1.46. The molecule has 0 bridgehead atoms. The first kappa shape index (κ1) is 41.9. The van der Waals surface area contributed by atoms with Gasteiger partial charge in [-0.05, 0) is 33.8 Å². The molecule has 0 radical (unpaired) electrons. The third kappa shape index (κ3) is 11.1. The molecule has 0 aliphatic heterocycles. The zero-order valence-electron chi connectivity index (χ0n) is 30.6. The Bertz CT molecular complexity index is 1600. The molecule has 0 fully saturated rings. The molecule has 2 aliphatic carbocycles. The predicted molar refractivity (Wildman–Crippen MR) is 196 cm³/mol. The van der Waals surface area contributed by atoms with Crippen LogP contribution in [0.4, 0.5) is 0 Å². The van der Waals surface area contributed by atoms with Crippen LogP contribution in [-0.2, 0) is 41.5 Å². The zero-order valence-corrected chi connectivity index (χ0v) is 34.6. The third-order valence-corrected chi connectivity index (χ3v) is 10.1. The van der Waals surface area contributed by atoms with Crippen LogP contribution in [0.15, 0.2) is 108 Å². The van der Waals surface area contributed by atoms with Gasteiger partial charge in [0.05, 0.1) is 0 Å². The van der Waals surface area contributed by atoms with E-state index in [1.807, 2.05) is 0 Å². The van der Waals surface area contributed by atoms with Gasteiger partial charge in [-0.25, -0.2) is 17.7 Å². The second kappa shape index (κ2) is 17.6. The van der Waals surface area contributed by atoms with E-state index in [0.29, 0.717) is 0 Å². The molecule has 0 saturated carbocycles. The molecule has 3 heteroatoms. The molecular weight excluding hydrogens is 703 g/mol. The van der Waals surface area contributed by atoms with E-state index in [2.05, 4.69) is 178 Å². The van der Waals surface area contributed by atoms with Crippen molar-refractivity contribution < 1.29 is 49.0 Å². The van der Waals surface area contributed by atoms with Gasteiger partial charge in [0.15, 0.2) is 0 Å². The van der Waals surface area contributed by atoms with Crippen LogP contribution in [0.2, 0.25) is 0 Å².